The number of ketones is 1. The summed E-state index contributed by atoms with van der Waals surface area (Å²) < 4.78 is 5.64. The molecule has 96 valence electrons. The Morgan fingerprint density at radius 1 is 1.50 bits per heavy atom. The Hall–Kier alpha value is -1.55. The zero-order chi connectivity index (χ0) is 13.3. The lowest BCUT2D eigenvalue weighted by atomic mass is 10.1. The highest BCUT2D eigenvalue weighted by Crippen LogP contribution is 2.34. The van der Waals surface area contributed by atoms with Crippen LogP contribution < -0.4 is 9.64 Å². The van der Waals surface area contributed by atoms with Gasteiger partial charge in [-0.1, -0.05) is 0 Å². The summed E-state index contributed by atoms with van der Waals surface area (Å²) >= 11 is 5.53. The molecule has 1 aliphatic rings. The van der Waals surface area contributed by atoms with Crippen LogP contribution in [0.1, 0.15) is 24.2 Å². The van der Waals surface area contributed by atoms with E-state index in [1.807, 2.05) is 6.92 Å². The van der Waals surface area contributed by atoms with Gasteiger partial charge >= 0.3 is 0 Å². The third-order valence-electron chi connectivity index (χ3n) is 2.84. The molecule has 1 amide bonds. The number of alkyl halides is 1. The molecule has 0 bridgehead atoms. The number of halogens is 1. The number of nitrogens with zero attached hydrogens (tertiary/aromatic N) is 1. The number of Topliss-reactive ketones (excluding diaryl/α,β-unsaturated/α-hetero) is 1. The van der Waals surface area contributed by atoms with Crippen LogP contribution in [0, 0.1) is 0 Å². The Bertz CT molecular complexity index is 501. The standard InChI is InChI=1S/C13H14ClNO3/c1-8-7-15(9(2)16)11-5-10(12(17)6-14)3-4-13(11)18-8/h3-5,8H,6-7H2,1-2H3. The van der Waals surface area contributed by atoms with Gasteiger partial charge in [0.25, 0.3) is 0 Å². The third kappa shape index (κ3) is 2.34. The highest BCUT2D eigenvalue weighted by molar-refractivity contribution is 6.30. The Morgan fingerprint density at radius 3 is 2.83 bits per heavy atom. The predicted octanol–water partition coefficient (Wildman–Crippen LogP) is 2.24. The zero-order valence-electron chi connectivity index (χ0n) is 10.3. The van der Waals surface area contributed by atoms with E-state index >= 15 is 0 Å². The second-order valence-corrected chi connectivity index (χ2v) is 4.56. The highest BCUT2D eigenvalue weighted by atomic mass is 35.5. The Morgan fingerprint density at radius 2 is 2.22 bits per heavy atom. The lowest BCUT2D eigenvalue weighted by Gasteiger charge is -2.33. The zero-order valence-corrected chi connectivity index (χ0v) is 11.0. The number of amides is 1. The first kappa shape index (κ1) is 12.9. The van der Waals surface area contributed by atoms with E-state index in [-0.39, 0.29) is 23.7 Å². The summed E-state index contributed by atoms with van der Waals surface area (Å²) in [7, 11) is 0. The van der Waals surface area contributed by atoms with Gasteiger partial charge in [0.1, 0.15) is 11.9 Å². The first-order valence-electron chi connectivity index (χ1n) is 5.71. The summed E-state index contributed by atoms with van der Waals surface area (Å²) in [5.41, 5.74) is 1.13. The Kier molecular flexibility index (Phi) is 3.57. The van der Waals surface area contributed by atoms with Crippen molar-refractivity contribution >= 4 is 29.0 Å². The normalized spacial score (nSPS) is 17.9. The van der Waals surface area contributed by atoms with E-state index in [1.165, 1.54) is 6.92 Å². The molecule has 0 radical (unpaired) electrons. The second-order valence-electron chi connectivity index (χ2n) is 4.30. The van der Waals surface area contributed by atoms with Crippen molar-refractivity contribution in [3.05, 3.63) is 23.8 Å². The first-order valence-corrected chi connectivity index (χ1v) is 6.24. The summed E-state index contributed by atoms with van der Waals surface area (Å²) in [6, 6.07) is 5.04. The number of rotatable bonds is 2. The SMILES string of the molecule is CC(=O)N1CC(C)Oc2ccc(C(=O)CCl)cc21. The molecule has 0 saturated heterocycles. The molecule has 0 aromatic heterocycles. The lowest BCUT2D eigenvalue weighted by Crippen LogP contribution is -2.41. The van der Waals surface area contributed by atoms with Crippen LogP contribution >= 0.6 is 11.6 Å². The van der Waals surface area contributed by atoms with Crippen molar-refractivity contribution in [2.45, 2.75) is 20.0 Å². The molecule has 1 aromatic carbocycles. The molecule has 5 heteroatoms. The van der Waals surface area contributed by atoms with E-state index in [1.54, 1.807) is 23.1 Å². The predicted molar refractivity (Wildman–Crippen MR) is 69.6 cm³/mol. The monoisotopic (exact) mass is 267 g/mol. The summed E-state index contributed by atoms with van der Waals surface area (Å²) in [6.45, 7) is 3.88. The van der Waals surface area contributed by atoms with Crippen LogP contribution in [0.2, 0.25) is 0 Å². The van der Waals surface area contributed by atoms with Gasteiger partial charge in [-0.2, -0.15) is 0 Å². The molecule has 1 atom stereocenters. The van der Waals surface area contributed by atoms with E-state index in [4.69, 9.17) is 16.3 Å². The minimum absolute atomic E-state index is 0.0593. The van der Waals surface area contributed by atoms with E-state index in [9.17, 15) is 9.59 Å². The number of benzene rings is 1. The fourth-order valence-corrected chi connectivity index (χ4v) is 2.14. The second kappa shape index (κ2) is 4.98. The number of ether oxygens (including phenoxy) is 1. The van der Waals surface area contributed by atoms with Gasteiger partial charge < -0.3 is 9.64 Å². The minimum Gasteiger partial charge on any atom is -0.487 e. The van der Waals surface area contributed by atoms with Gasteiger partial charge in [-0.25, -0.2) is 0 Å². The number of carbonyl (C=O) groups excluding carboxylic acids is 2. The van der Waals surface area contributed by atoms with E-state index in [0.29, 0.717) is 23.5 Å². The lowest BCUT2D eigenvalue weighted by molar-refractivity contribution is -0.117. The van der Waals surface area contributed by atoms with Crippen LogP contribution in [0.5, 0.6) is 5.75 Å². The van der Waals surface area contributed by atoms with Gasteiger partial charge in [0.2, 0.25) is 5.91 Å². The summed E-state index contributed by atoms with van der Waals surface area (Å²) in [4.78, 5) is 24.8. The molecule has 2 rings (SSSR count). The molecular formula is C13H14ClNO3. The van der Waals surface area contributed by atoms with Crippen LogP contribution in [0.25, 0.3) is 0 Å². The maximum Gasteiger partial charge on any atom is 0.224 e. The van der Waals surface area contributed by atoms with Crippen molar-refractivity contribution in [1.82, 2.24) is 0 Å². The topological polar surface area (TPSA) is 46.6 Å². The number of carbonyl (C=O) groups is 2. The van der Waals surface area contributed by atoms with Crippen molar-refractivity contribution < 1.29 is 14.3 Å². The maximum absolute atomic E-state index is 11.6. The molecule has 1 aliphatic heterocycles. The molecule has 0 aliphatic carbocycles. The largest absolute Gasteiger partial charge is 0.487 e. The van der Waals surface area contributed by atoms with Gasteiger partial charge in [0.15, 0.2) is 5.78 Å². The van der Waals surface area contributed by atoms with Crippen molar-refractivity contribution in [3.63, 3.8) is 0 Å². The van der Waals surface area contributed by atoms with Crippen molar-refractivity contribution in [2.24, 2.45) is 0 Å². The molecule has 18 heavy (non-hydrogen) atoms. The molecule has 4 nitrogen and oxygen atoms in total. The average Bonchev–Trinajstić information content (AvgIpc) is 2.36. The fourth-order valence-electron chi connectivity index (χ4n) is 1.99. The van der Waals surface area contributed by atoms with Crippen molar-refractivity contribution in [3.8, 4) is 5.75 Å². The van der Waals surface area contributed by atoms with Crippen LogP contribution in [-0.2, 0) is 4.79 Å². The van der Waals surface area contributed by atoms with Crippen LogP contribution in [-0.4, -0.2) is 30.2 Å². The molecule has 0 N–H and O–H groups in total. The van der Waals surface area contributed by atoms with Crippen LogP contribution in [0.15, 0.2) is 18.2 Å². The number of hydrogen-bond acceptors (Lipinski definition) is 3. The minimum atomic E-state index is -0.165. The van der Waals surface area contributed by atoms with Gasteiger partial charge in [-0.15, -0.1) is 11.6 Å². The molecule has 0 spiro atoms. The molecule has 1 heterocycles. The number of fused-ring (bicyclic) bond motifs is 1. The average molecular weight is 268 g/mol. The van der Waals surface area contributed by atoms with Gasteiger partial charge in [0.05, 0.1) is 18.1 Å². The van der Waals surface area contributed by atoms with Crippen molar-refractivity contribution in [1.29, 1.82) is 0 Å². The van der Waals surface area contributed by atoms with Crippen LogP contribution in [0.3, 0.4) is 0 Å². The third-order valence-corrected chi connectivity index (χ3v) is 3.08. The number of anilines is 1. The van der Waals surface area contributed by atoms with Crippen LogP contribution in [0.4, 0.5) is 5.69 Å². The molecule has 1 aromatic rings. The Labute approximate surface area is 110 Å². The molecular weight excluding hydrogens is 254 g/mol. The van der Waals surface area contributed by atoms with E-state index < -0.39 is 0 Å². The Balaban J connectivity index is 2.45. The molecule has 0 fully saturated rings. The highest BCUT2D eigenvalue weighted by Gasteiger charge is 2.26. The maximum atomic E-state index is 11.6. The first-order chi connectivity index (χ1) is 8.52. The summed E-state index contributed by atoms with van der Waals surface area (Å²) in [5, 5.41) is 0. The summed E-state index contributed by atoms with van der Waals surface area (Å²) in [5.74, 6) is 0.314. The van der Waals surface area contributed by atoms with Gasteiger partial charge in [-0.3, -0.25) is 9.59 Å². The van der Waals surface area contributed by atoms with E-state index in [2.05, 4.69) is 0 Å². The fraction of sp³-hybridized carbons (Fsp3) is 0.385. The van der Waals surface area contributed by atoms with Crippen molar-refractivity contribution in [2.75, 3.05) is 17.3 Å². The molecule has 0 saturated carbocycles. The number of hydrogen-bond donors (Lipinski definition) is 0. The van der Waals surface area contributed by atoms with Gasteiger partial charge in [-0.05, 0) is 25.1 Å². The molecule has 1 unspecified atom stereocenters. The smallest absolute Gasteiger partial charge is 0.224 e. The van der Waals surface area contributed by atoms with Gasteiger partial charge in [0, 0.05) is 12.5 Å². The summed E-state index contributed by atoms with van der Waals surface area (Å²) in [6.07, 6.45) is -0.0593. The quantitative estimate of drug-likeness (QED) is 0.610. The van der Waals surface area contributed by atoms with E-state index in [0.717, 1.165) is 0 Å².